The van der Waals surface area contributed by atoms with Gasteiger partial charge in [0.25, 0.3) is 5.91 Å². The molecule has 0 bridgehead atoms. The lowest BCUT2D eigenvalue weighted by molar-refractivity contribution is -0.125. The zero-order valence-electron chi connectivity index (χ0n) is 12.1. The monoisotopic (exact) mass is 380 g/mol. The first kappa shape index (κ1) is 17.8. The molecular weight excluding hydrogens is 367 g/mol. The van der Waals surface area contributed by atoms with Crippen molar-refractivity contribution >= 4 is 44.9 Å². The molecule has 0 spiro atoms. The summed E-state index contributed by atoms with van der Waals surface area (Å²) in [6, 6.07) is 2.68. The number of ether oxygens (including phenoxy) is 1. The van der Waals surface area contributed by atoms with Gasteiger partial charge in [0.2, 0.25) is 5.91 Å². The first-order valence-electron chi connectivity index (χ1n) is 6.57. The van der Waals surface area contributed by atoms with Crippen LogP contribution in [-0.4, -0.2) is 38.8 Å². The van der Waals surface area contributed by atoms with Crippen molar-refractivity contribution in [2.45, 2.75) is 6.42 Å². The molecular formula is C13H14Cl2N2O5S. The Kier molecular flexibility index (Phi) is 5.38. The van der Waals surface area contributed by atoms with Crippen molar-refractivity contribution in [3.8, 4) is 5.75 Å². The van der Waals surface area contributed by atoms with Gasteiger partial charge in [-0.25, -0.2) is 8.42 Å². The van der Waals surface area contributed by atoms with E-state index in [9.17, 15) is 18.0 Å². The summed E-state index contributed by atoms with van der Waals surface area (Å²) in [4.78, 5) is 23.8. The molecule has 0 aromatic heterocycles. The van der Waals surface area contributed by atoms with Crippen LogP contribution in [0.4, 0.5) is 0 Å². The molecule has 1 heterocycles. The largest absolute Gasteiger partial charge is 0.494 e. The molecule has 1 aromatic rings. The Hall–Kier alpha value is -1.51. The van der Waals surface area contributed by atoms with Crippen molar-refractivity contribution in [1.29, 1.82) is 0 Å². The maximum atomic E-state index is 12.0. The van der Waals surface area contributed by atoms with Crippen molar-refractivity contribution in [3.05, 3.63) is 27.7 Å². The Morgan fingerprint density at radius 3 is 2.30 bits per heavy atom. The molecule has 0 radical (unpaired) electrons. The average Bonchev–Trinajstić information content (AvgIpc) is 2.84. The molecule has 2 amide bonds. The zero-order chi connectivity index (χ0) is 17.2. The highest BCUT2D eigenvalue weighted by atomic mass is 35.5. The third-order valence-electron chi connectivity index (χ3n) is 3.37. The van der Waals surface area contributed by atoms with E-state index in [1.807, 2.05) is 0 Å². The summed E-state index contributed by atoms with van der Waals surface area (Å²) < 4.78 is 27.6. The van der Waals surface area contributed by atoms with E-state index in [0.717, 1.165) is 0 Å². The van der Waals surface area contributed by atoms with E-state index in [0.29, 0.717) is 0 Å². The van der Waals surface area contributed by atoms with Gasteiger partial charge in [-0.3, -0.25) is 20.4 Å². The fourth-order valence-electron chi connectivity index (χ4n) is 2.18. The topological polar surface area (TPSA) is 102 Å². The molecule has 23 heavy (non-hydrogen) atoms. The molecule has 10 heteroatoms. The number of benzene rings is 1. The summed E-state index contributed by atoms with van der Waals surface area (Å²) in [6.07, 6.45) is 0.240. The van der Waals surface area contributed by atoms with Gasteiger partial charge in [-0.05, 0) is 18.6 Å². The maximum Gasteiger partial charge on any atom is 0.269 e. The minimum atomic E-state index is -3.17. The van der Waals surface area contributed by atoms with Gasteiger partial charge in [0.15, 0.2) is 15.6 Å². The number of rotatable bonds is 3. The maximum absolute atomic E-state index is 12.0. The number of sulfone groups is 1. The SMILES string of the molecule is COc1c(Cl)cc(C(=O)NNC(=O)[C@H]2CCS(=O)(=O)C2)cc1Cl. The fraction of sp³-hybridized carbons (Fsp3) is 0.385. The predicted molar refractivity (Wildman–Crippen MR) is 85.4 cm³/mol. The van der Waals surface area contributed by atoms with Gasteiger partial charge in [-0.15, -0.1) is 0 Å². The molecule has 1 aromatic carbocycles. The van der Waals surface area contributed by atoms with Crippen LogP contribution in [0.25, 0.3) is 0 Å². The quantitative estimate of drug-likeness (QED) is 0.767. The van der Waals surface area contributed by atoms with Crippen LogP contribution < -0.4 is 15.6 Å². The summed E-state index contributed by atoms with van der Waals surface area (Å²) in [5.41, 5.74) is 4.54. The van der Waals surface area contributed by atoms with E-state index in [-0.39, 0.29) is 39.3 Å². The summed E-state index contributed by atoms with van der Waals surface area (Å²) in [6.45, 7) is 0. The second-order valence-electron chi connectivity index (χ2n) is 5.02. The second kappa shape index (κ2) is 6.94. The first-order chi connectivity index (χ1) is 10.7. The number of carbonyl (C=O) groups excluding carboxylic acids is 2. The van der Waals surface area contributed by atoms with Gasteiger partial charge in [0.05, 0.1) is 34.6 Å². The third kappa shape index (κ3) is 4.27. The highest BCUT2D eigenvalue weighted by Gasteiger charge is 2.33. The summed E-state index contributed by atoms with van der Waals surface area (Å²) >= 11 is 11.9. The molecule has 1 atom stereocenters. The van der Waals surface area contributed by atoms with E-state index in [2.05, 4.69) is 10.9 Å². The Morgan fingerprint density at radius 1 is 1.22 bits per heavy atom. The van der Waals surface area contributed by atoms with Crippen LogP contribution in [0.1, 0.15) is 16.8 Å². The normalized spacial score (nSPS) is 19.2. The van der Waals surface area contributed by atoms with Gasteiger partial charge in [0.1, 0.15) is 0 Å². The van der Waals surface area contributed by atoms with Crippen molar-refractivity contribution in [1.82, 2.24) is 10.9 Å². The standard InChI is InChI=1S/C13H14Cl2N2O5S/c1-22-11-9(14)4-8(5-10(11)15)13(19)17-16-12(18)7-2-3-23(20,21)6-7/h4-5,7H,2-3,6H2,1H3,(H,16,18)(H,17,19)/t7-/m0/s1. The fourth-order valence-corrected chi connectivity index (χ4v) is 4.56. The van der Waals surface area contributed by atoms with E-state index >= 15 is 0 Å². The van der Waals surface area contributed by atoms with E-state index in [1.54, 1.807) is 0 Å². The van der Waals surface area contributed by atoms with E-state index in [1.165, 1.54) is 19.2 Å². The molecule has 0 saturated carbocycles. The summed E-state index contributed by atoms with van der Waals surface area (Å²) in [5, 5.41) is 0.303. The van der Waals surface area contributed by atoms with Crippen LogP contribution in [-0.2, 0) is 14.6 Å². The molecule has 7 nitrogen and oxygen atoms in total. The van der Waals surface area contributed by atoms with Crippen LogP contribution in [0, 0.1) is 5.92 Å². The van der Waals surface area contributed by atoms with Gasteiger partial charge in [0, 0.05) is 5.56 Å². The van der Waals surface area contributed by atoms with Crippen LogP contribution in [0.5, 0.6) is 5.75 Å². The first-order valence-corrected chi connectivity index (χ1v) is 9.15. The van der Waals surface area contributed by atoms with Gasteiger partial charge < -0.3 is 4.74 Å². The number of carbonyl (C=O) groups is 2. The number of amides is 2. The summed E-state index contributed by atoms with van der Waals surface area (Å²) in [5.74, 6) is -1.85. The number of halogens is 2. The number of nitrogens with one attached hydrogen (secondary N) is 2. The number of hydrogen-bond acceptors (Lipinski definition) is 5. The third-order valence-corrected chi connectivity index (χ3v) is 5.70. The molecule has 1 fully saturated rings. The number of hydrogen-bond donors (Lipinski definition) is 2. The molecule has 1 aliphatic heterocycles. The minimum Gasteiger partial charge on any atom is -0.494 e. The number of hydrazine groups is 1. The second-order valence-corrected chi connectivity index (χ2v) is 8.06. The van der Waals surface area contributed by atoms with Crippen molar-refractivity contribution < 1.29 is 22.7 Å². The predicted octanol–water partition coefficient (Wildman–Crippen LogP) is 1.20. The Morgan fingerprint density at radius 2 is 1.83 bits per heavy atom. The smallest absolute Gasteiger partial charge is 0.269 e. The molecule has 2 rings (SSSR count). The van der Waals surface area contributed by atoms with Crippen molar-refractivity contribution in [2.75, 3.05) is 18.6 Å². The van der Waals surface area contributed by atoms with E-state index in [4.69, 9.17) is 27.9 Å². The highest BCUT2D eigenvalue weighted by Crippen LogP contribution is 2.33. The minimum absolute atomic E-state index is 0.0251. The zero-order valence-corrected chi connectivity index (χ0v) is 14.4. The van der Waals surface area contributed by atoms with Gasteiger partial charge >= 0.3 is 0 Å². The van der Waals surface area contributed by atoms with Crippen LogP contribution in [0.2, 0.25) is 10.0 Å². The van der Waals surface area contributed by atoms with Crippen molar-refractivity contribution in [2.24, 2.45) is 5.92 Å². The van der Waals surface area contributed by atoms with Crippen LogP contribution in [0.3, 0.4) is 0 Å². The van der Waals surface area contributed by atoms with Crippen molar-refractivity contribution in [3.63, 3.8) is 0 Å². The Bertz CT molecular complexity index is 728. The van der Waals surface area contributed by atoms with E-state index < -0.39 is 27.6 Å². The lowest BCUT2D eigenvalue weighted by Gasteiger charge is -2.12. The lowest BCUT2D eigenvalue weighted by Crippen LogP contribution is -2.44. The summed E-state index contributed by atoms with van der Waals surface area (Å²) in [7, 11) is -1.78. The van der Waals surface area contributed by atoms with Crippen LogP contribution >= 0.6 is 23.2 Å². The molecule has 126 valence electrons. The van der Waals surface area contributed by atoms with Gasteiger partial charge in [-0.2, -0.15) is 0 Å². The van der Waals surface area contributed by atoms with Gasteiger partial charge in [-0.1, -0.05) is 23.2 Å². The lowest BCUT2D eigenvalue weighted by atomic mass is 10.1. The molecule has 0 aliphatic carbocycles. The number of methoxy groups -OCH3 is 1. The average molecular weight is 381 g/mol. The highest BCUT2D eigenvalue weighted by molar-refractivity contribution is 7.91. The molecule has 0 unspecified atom stereocenters. The van der Waals surface area contributed by atoms with Crippen LogP contribution in [0.15, 0.2) is 12.1 Å². The molecule has 2 N–H and O–H groups in total. The Labute approximate surface area is 143 Å². The molecule has 1 aliphatic rings. The Balaban J connectivity index is 1.99. The molecule has 1 saturated heterocycles.